The van der Waals surface area contributed by atoms with Gasteiger partial charge in [-0.2, -0.15) is 9.78 Å². The third-order valence-corrected chi connectivity index (χ3v) is 4.25. The molecule has 1 aromatic carbocycles. The summed E-state index contributed by atoms with van der Waals surface area (Å²) < 4.78 is 12.0. The van der Waals surface area contributed by atoms with Gasteiger partial charge in [0, 0.05) is 23.9 Å². The fraction of sp³-hybridized carbons (Fsp3) is 0.200. The van der Waals surface area contributed by atoms with E-state index >= 15 is 0 Å². The highest BCUT2D eigenvalue weighted by molar-refractivity contribution is 6.01. The molecule has 0 spiro atoms. The summed E-state index contributed by atoms with van der Waals surface area (Å²) in [5, 5.41) is 7.09. The first-order valence-electron chi connectivity index (χ1n) is 9.08. The molecule has 148 valence electrons. The second-order valence-corrected chi connectivity index (χ2v) is 6.43. The van der Waals surface area contributed by atoms with Crippen molar-refractivity contribution in [3.63, 3.8) is 0 Å². The van der Waals surface area contributed by atoms with Crippen LogP contribution < -0.4 is 20.3 Å². The molecule has 9 heteroatoms. The summed E-state index contributed by atoms with van der Waals surface area (Å²) in [7, 11) is 0. The first-order chi connectivity index (χ1) is 14.0. The number of carbonyl (C=O) groups excluding carboxylic acids is 1. The van der Waals surface area contributed by atoms with Crippen LogP contribution in [-0.2, 0) is 11.2 Å². The Labute approximate surface area is 166 Å². The highest BCUT2D eigenvalue weighted by Crippen LogP contribution is 2.32. The summed E-state index contributed by atoms with van der Waals surface area (Å²) >= 11 is 0. The number of hydrogen-bond acceptors (Lipinski definition) is 6. The molecule has 4 rings (SSSR count). The smallest absolute Gasteiger partial charge is 0.252 e. The van der Waals surface area contributed by atoms with Crippen LogP contribution in [0, 0.1) is 6.92 Å². The second kappa shape index (κ2) is 7.63. The fourth-order valence-electron chi connectivity index (χ4n) is 2.88. The van der Waals surface area contributed by atoms with Crippen molar-refractivity contribution < 1.29 is 14.3 Å². The van der Waals surface area contributed by atoms with Gasteiger partial charge in [0.15, 0.2) is 11.5 Å². The zero-order valence-electron chi connectivity index (χ0n) is 15.9. The number of anilines is 1. The summed E-state index contributed by atoms with van der Waals surface area (Å²) in [6.45, 7) is 3.89. The number of aryl methyl sites for hydroxylation is 2. The molecule has 0 saturated carbocycles. The molecule has 3 heterocycles. The van der Waals surface area contributed by atoms with Gasteiger partial charge in [-0.3, -0.25) is 14.6 Å². The number of H-pyrrole nitrogens is 1. The predicted molar refractivity (Wildman–Crippen MR) is 106 cm³/mol. The highest BCUT2D eigenvalue weighted by atomic mass is 16.7. The normalized spacial score (nSPS) is 12.5. The molecular formula is C20H19N5O4. The van der Waals surface area contributed by atoms with Crippen LogP contribution in [0.15, 0.2) is 41.2 Å². The van der Waals surface area contributed by atoms with Gasteiger partial charge >= 0.3 is 0 Å². The number of hydrogen-bond donors (Lipinski definition) is 2. The van der Waals surface area contributed by atoms with Gasteiger partial charge in [0.2, 0.25) is 18.6 Å². The van der Waals surface area contributed by atoms with Gasteiger partial charge in [-0.1, -0.05) is 13.0 Å². The quantitative estimate of drug-likeness (QED) is 0.643. The number of rotatable bonds is 5. The Morgan fingerprint density at radius 3 is 2.93 bits per heavy atom. The van der Waals surface area contributed by atoms with Crippen molar-refractivity contribution in [1.29, 1.82) is 0 Å². The average Bonchev–Trinajstić information content (AvgIpc) is 3.31. The van der Waals surface area contributed by atoms with Crippen molar-refractivity contribution in [2.24, 2.45) is 0 Å². The molecule has 0 atom stereocenters. The summed E-state index contributed by atoms with van der Waals surface area (Å²) in [5.74, 6) is 1.63. The number of aromatic nitrogens is 4. The first kappa shape index (κ1) is 18.5. The lowest BCUT2D eigenvalue weighted by atomic mass is 10.2. The lowest BCUT2D eigenvalue weighted by Gasteiger charge is -2.07. The van der Waals surface area contributed by atoms with Crippen LogP contribution in [0.1, 0.15) is 23.9 Å². The zero-order chi connectivity index (χ0) is 20.4. The van der Waals surface area contributed by atoms with E-state index in [0.717, 1.165) is 5.56 Å². The van der Waals surface area contributed by atoms with Crippen molar-refractivity contribution in [3.8, 4) is 17.4 Å². The summed E-state index contributed by atoms with van der Waals surface area (Å²) in [6.07, 6.45) is 3.68. The van der Waals surface area contributed by atoms with E-state index in [0.29, 0.717) is 35.1 Å². The van der Waals surface area contributed by atoms with E-state index < -0.39 is 0 Å². The van der Waals surface area contributed by atoms with Crippen LogP contribution in [0.4, 0.5) is 5.82 Å². The van der Waals surface area contributed by atoms with E-state index in [1.54, 1.807) is 31.2 Å². The number of amides is 1. The highest BCUT2D eigenvalue weighted by Gasteiger charge is 2.14. The Morgan fingerprint density at radius 1 is 1.28 bits per heavy atom. The Kier molecular flexibility index (Phi) is 4.86. The first-order valence-corrected chi connectivity index (χ1v) is 9.08. The van der Waals surface area contributed by atoms with Gasteiger partial charge in [0.1, 0.15) is 5.82 Å². The minimum absolute atomic E-state index is 0.196. The van der Waals surface area contributed by atoms with Crippen LogP contribution in [0.5, 0.6) is 11.5 Å². The third kappa shape index (κ3) is 4.03. The van der Waals surface area contributed by atoms with Gasteiger partial charge in [0.25, 0.3) is 5.56 Å². The van der Waals surface area contributed by atoms with Crippen molar-refractivity contribution >= 4 is 17.8 Å². The number of nitrogens with zero attached hydrogens (tertiary/aromatic N) is 3. The predicted octanol–water partition coefficient (Wildman–Crippen LogP) is 2.21. The minimum atomic E-state index is -0.349. The SMILES string of the molecule is CCc1cc(=O)[nH]c(-n2nc(C)cc2NC(=O)/C=C/c2ccc3c(c2)OCO3)n1. The van der Waals surface area contributed by atoms with E-state index in [1.807, 2.05) is 13.0 Å². The van der Waals surface area contributed by atoms with Crippen LogP contribution in [0.3, 0.4) is 0 Å². The number of carbonyl (C=O) groups is 1. The Bertz CT molecular complexity index is 1160. The summed E-state index contributed by atoms with van der Waals surface area (Å²) in [5.41, 5.74) is 1.83. The Balaban J connectivity index is 1.55. The summed E-state index contributed by atoms with van der Waals surface area (Å²) in [4.78, 5) is 31.3. The number of fused-ring (bicyclic) bond motifs is 1. The Morgan fingerprint density at radius 2 is 2.10 bits per heavy atom. The van der Waals surface area contributed by atoms with Gasteiger partial charge in [-0.25, -0.2) is 4.98 Å². The van der Waals surface area contributed by atoms with Crippen molar-refractivity contribution in [2.45, 2.75) is 20.3 Å². The molecule has 29 heavy (non-hydrogen) atoms. The largest absolute Gasteiger partial charge is 0.454 e. The van der Waals surface area contributed by atoms with Crippen molar-refractivity contribution in [2.75, 3.05) is 12.1 Å². The van der Waals surface area contributed by atoms with Crippen LogP contribution in [-0.4, -0.2) is 32.4 Å². The third-order valence-electron chi connectivity index (χ3n) is 4.25. The van der Waals surface area contributed by atoms with Crippen LogP contribution in [0.25, 0.3) is 12.0 Å². The van der Waals surface area contributed by atoms with Gasteiger partial charge in [-0.15, -0.1) is 0 Å². The molecule has 0 aliphatic carbocycles. The van der Waals surface area contributed by atoms with E-state index in [4.69, 9.17) is 9.47 Å². The molecule has 3 aromatic rings. The molecule has 0 bridgehead atoms. The molecule has 0 unspecified atom stereocenters. The molecule has 1 amide bonds. The maximum absolute atomic E-state index is 12.4. The van der Waals surface area contributed by atoms with E-state index in [2.05, 4.69) is 20.4 Å². The topological polar surface area (TPSA) is 111 Å². The van der Waals surface area contributed by atoms with E-state index in [1.165, 1.54) is 16.8 Å². The minimum Gasteiger partial charge on any atom is -0.454 e. The van der Waals surface area contributed by atoms with Crippen LogP contribution >= 0.6 is 0 Å². The number of ether oxygens (including phenoxy) is 2. The second-order valence-electron chi connectivity index (χ2n) is 6.43. The Hall–Kier alpha value is -3.88. The molecule has 1 aliphatic rings. The summed E-state index contributed by atoms with van der Waals surface area (Å²) in [6, 6.07) is 8.56. The number of nitrogens with one attached hydrogen (secondary N) is 2. The average molecular weight is 393 g/mol. The van der Waals surface area contributed by atoms with Gasteiger partial charge in [0.05, 0.1) is 5.69 Å². The standard InChI is InChI=1S/C20H19N5O4/c1-3-14-10-19(27)23-20(21-14)25-17(8-12(2)24-25)22-18(26)7-5-13-4-6-15-16(9-13)29-11-28-15/h4-10H,3,11H2,1-2H3,(H,22,26)(H,21,23,27)/b7-5+. The van der Waals surface area contributed by atoms with E-state index in [-0.39, 0.29) is 24.2 Å². The number of benzene rings is 1. The monoisotopic (exact) mass is 393 g/mol. The molecule has 2 aromatic heterocycles. The fourth-order valence-corrected chi connectivity index (χ4v) is 2.88. The number of aromatic amines is 1. The van der Waals surface area contributed by atoms with E-state index in [9.17, 15) is 9.59 Å². The molecule has 2 N–H and O–H groups in total. The van der Waals surface area contributed by atoms with Crippen molar-refractivity contribution in [1.82, 2.24) is 19.7 Å². The maximum atomic E-state index is 12.4. The molecule has 0 fully saturated rings. The molecular weight excluding hydrogens is 374 g/mol. The lowest BCUT2D eigenvalue weighted by molar-refractivity contribution is -0.111. The molecule has 9 nitrogen and oxygen atoms in total. The maximum Gasteiger partial charge on any atom is 0.252 e. The molecule has 0 radical (unpaired) electrons. The van der Waals surface area contributed by atoms with Gasteiger partial charge in [-0.05, 0) is 37.1 Å². The molecule has 1 aliphatic heterocycles. The van der Waals surface area contributed by atoms with Gasteiger partial charge < -0.3 is 14.8 Å². The zero-order valence-corrected chi connectivity index (χ0v) is 15.9. The lowest BCUT2D eigenvalue weighted by Crippen LogP contribution is -2.18. The van der Waals surface area contributed by atoms with Crippen LogP contribution in [0.2, 0.25) is 0 Å². The molecule has 0 saturated heterocycles. The van der Waals surface area contributed by atoms with Crippen molar-refractivity contribution in [3.05, 3.63) is 63.7 Å².